The highest BCUT2D eigenvalue weighted by atomic mass is 35.5. The van der Waals surface area contributed by atoms with E-state index in [1.807, 2.05) is 29.2 Å². The number of carbonyl (C=O) groups excluding carboxylic acids is 2. The maximum atomic E-state index is 12.7. The number of nitrogens with one attached hydrogen (secondary N) is 1. The monoisotopic (exact) mass is 504 g/mol. The number of benzene rings is 2. The third kappa shape index (κ3) is 5.29. The quantitative estimate of drug-likeness (QED) is 0.469. The van der Waals surface area contributed by atoms with Crippen molar-refractivity contribution in [3.8, 4) is 5.75 Å². The minimum absolute atomic E-state index is 0.0588. The van der Waals surface area contributed by atoms with Crippen LogP contribution in [0.25, 0.3) is 0 Å². The summed E-state index contributed by atoms with van der Waals surface area (Å²) in [6.45, 7) is 4.22. The Hall–Kier alpha value is -2.68. The lowest BCUT2D eigenvalue weighted by Crippen LogP contribution is -2.30. The zero-order valence-corrected chi connectivity index (χ0v) is 20.4. The highest BCUT2D eigenvalue weighted by molar-refractivity contribution is 7.15. The van der Waals surface area contributed by atoms with Crippen molar-refractivity contribution in [1.29, 1.82) is 0 Å². The van der Waals surface area contributed by atoms with Gasteiger partial charge in [0.05, 0.1) is 5.02 Å². The number of anilines is 2. The van der Waals surface area contributed by atoms with Gasteiger partial charge in [0, 0.05) is 29.6 Å². The summed E-state index contributed by atoms with van der Waals surface area (Å²) >= 11 is 13.3. The third-order valence-corrected chi connectivity index (χ3v) is 6.91. The minimum atomic E-state index is -0.815. The molecule has 0 aliphatic carbocycles. The first-order valence-electron chi connectivity index (χ1n) is 10.5. The number of hydrogen-bond acceptors (Lipinski definition) is 6. The number of amides is 2. The van der Waals surface area contributed by atoms with Crippen LogP contribution in [0.1, 0.15) is 36.8 Å². The summed E-state index contributed by atoms with van der Waals surface area (Å²) in [5.41, 5.74) is 2.07. The van der Waals surface area contributed by atoms with E-state index in [1.54, 1.807) is 25.1 Å². The van der Waals surface area contributed by atoms with Crippen LogP contribution < -0.4 is 15.0 Å². The van der Waals surface area contributed by atoms with Gasteiger partial charge in [0.2, 0.25) is 11.0 Å². The molecule has 1 aliphatic heterocycles. The molecular weight excluding hydrogens is 483 g/mol. The van der Waals surface area contributed by atoms with Crippen LogP contribution in [0.4, 0.5) is 10.8 Å². The van der Waals surface area contributed by atoms with Gasteiger partial charge in [0.15, 0.2) is 6.10 Å². The Bertz CT molecular complexity index is 1190. The summed E-state index contributed by atoms with van der Waals surface area (Å²) in [5.74, 6) is -0.0426. The van der Waals surface area contributed by atoms with E-state index in [4.69, 9.17) is 27.9 Å². The summed E-state index contributed by atoms with van der Waals surface area (Å²) in [4.78, 5) is 27.1. The van der Waals surface area contributed by atoms with Gasteiger partial charge < -0.3 is 9.64 Å². The standard InChI is InChI=1S/C23H22Cl2N4O3S/c1-3-14-6-4-5-7-18(14)29-12-15(10-20(29)30)22-27-28-23(33-22)26-21(31)13(2)32-19-9-8-16(24)11-17(19)25/h4-9,11,13,15H,3,10,12H2,1-2H3,(H,26,28,31). The lowest BCUT2D eigenvalue weighted by atomic mass is 10.1. The van der Waals surface area contributed by atoms with Crippen LogP contribution in [0.15, 0.2) is 42.5 Å². The second kappa shape index (κ2) is 10.1. The van der Waals surface area contributed by atoms with Crippen LogP contribution in [-0.2, 0) is 16.0 Å². The molecule has 3 aromatic rings. The van der Waals surface area contributed by atoms with E-state index in [-0.39, 0.29) is 17.7 Å². The molecule has 172 valence electrons. The number of rotatable bonds is 7. The topological polar surface area (TPSA) is 84.4 Å². The summed E-state index contributed by atoms with van der Waals surface area (Å²) in [6.07, 6.45) is 0.390. The van der Waals surface area contributed by atoms with Crippen molar-refractivity contribution < 1.29 is 14.3 Å². The van der Waals surface area contributed by atoms with Gasteiger partial charge in [-0.3, -0.25) is 14.9 Å². The average Bonchev–Trinajstić information content (AvgIpc) is 3.42. The fourth-order valence-corrected chi connectivity index (χ4v) is 4.94. The van der Waals surface area contributed by atoms with Gasteiger partial charge in [-0.15, -0.1) is 10.2 Å². The van der Waals surface area contributed by atoms with Gasteiger partial charge >= 0.3 is 0 Å². The predicted octanol–water partition coefficient (Wildman–Crippen LogP) is 5.33. The van der Waals surface area contributed by atoms with Crippen LogP contribution in [0.5, 0.6) is 5.75 Å². The summed E-state index contributed by atoms with van der Waals surface area (Å²) in [5, 5.41) is 12.9. The van der Waals surface area contributed by atoms with E-state index in [1.165, 1.54) is 11.3 Å². The predicted molar refractivity (Wildman–Crippen MR) is 131 cm³/mol. The molecule has 0 spiro atoms. The molecule has 1 aromatic heterocycles. The third-order valence-electron chi connectivity index (χ3n) is 5.38. The molecule has 1 aliphatic rings. The van der Waals surface area contributed by atoms with Crippen LogP contribution in [0.3, 0.4) is 0 Å². The Morgan fingerprint density at radius 3 is 2.82 bits per heavy atom. The van der Waals surface area contributed by atoms with Crippen LogP contribution >= 0.6 is 34.5 Å². The van der Waals surface area contributed by atoms with Gasteiger partial charge in [-0.05, 0) is 43.2 Å². The van der Waals surface area contributed by atoms with Gasteiger partial charge in [0.1, 0.15) is 10.8 Å². The molecule has 0 radical (unpaired) electrons. The van der Waals surface area contributed by atoms with Crippen molar-refractivity contribution in [1.82, 2.24) is 10.2 Å². The molecule has 1 fully saturated rings. The zero-order valence-electron chi connectivity index (χ0n) is 18.0. The Morgan fingerprint density at radius 1 is 1.27 bits per heavy atom. The second-order valence-corrected chi connectivity index (χ2v) is 9.51. The van der Waals surface area contributed by atoms with Crippen molar-refractivity contribution in [2.75, 3.05) is 16.8 Å². The summed E-state index contributed by atoms with van der Waals surface area (Å²) in [6, 6.07) is 12.7. The number of para-hydroxylation sites is 1. The Kier molecular flexibility index (Phi) is 7.17. The molecule has 7 nitrogen and oxygen atoms in total. The van der Waals surface area contributed by atoms with E-state index in [2.05, 4.69) is 22.4 Å². The first-order valence-corrected chi connectivity index (χ1v) is 12.1. The molecule has 2 heterocycles. The van der Waals surface area contributed by atoms with E-state index in [9.17, 15) is 9.59 Å². The molecule has 2 unspecified atom stereocenters. The highest BCUT2D eigenvalue weighted by Gasteiger charge is 2.34. The molecule has 0 bridgehead atoms. The normalized spacial score (nSPS) is 16.7. The number of hydrogen-bond donors (Lipinski definition) is 1. The lowest BCUT2D eigenvalue weighted by Gasteiger charge is -2.19. The molecule has 1 saturated heterocycles. The smallest absolute Gasteiger partial charge is 0.266 e. The van der Waals surface area contributed by atoms with Crippen molar-refractivity contribution in [3.63, 3.8) is 0 Å². The Balaban J connectivity index is 1.39. The molecule has 2 atom stereocenters. The number of halogens is 2. The highest BCUT2D eigenvalue weighted by Crippen LogP contribution is 2.35. The number of carbonyl (C=O) groups is 2. The van der Waals surface area contributed by atoms with Gasteiger partial charge in [-0.2, -0.15) is 0 Å². The molecule has 4 rings (SSSR count). The summed E-state index contributed by atoms with van der Waals surface area (Å²) in [7, 11) is 0. The van der Waals surface area contributed by atoms with Crippen LogP contribution in [0.2, 0.25) is 10.0 Å². The van der Waals surface area contributed by atoms with E-state index in [0.717, 1.165) is 17.7 Å². The van der Waals surface area contributed by atoms with E-state index < -0.39 is 6.10 Å². The number of ether oxygens (including phenoxy) is 1. The molecule has 0 saturated carbocycles. The molecular formula is C23H22Cl2N4O3S. The summed E-state index contributed by atoms with van der Waals surface area (Å²) < 4.78 is 5.64. The van der Waals surface area contributed by atoms with E-state index >= 15 is 0 Å². The van der Waals surface area contributed by atoms with E-state index in [0.29, 0.717) is 38.9 Å². The fourth-order valence-electron chi connectivity index (χ4n) is 3.65. The second-order valence-electron chi connectivity index (χ2n) is 7.66. The van der Waals surface area contributed by atoms with Gasteiger partial charge in [-0.1, -0.05) is 59.7 Å². The number of aromatic nitrogens is 2. The van der Waals surface area contributed by atoms with Crippen LogP contribution in [-0.4, -0.2) is 34.7 Å². The number of nitrogens with zero attached hydrogens (tertiary/aromatic N) is 3. The Morgan fingerprint density at radius 2 is 2.06 bits per heavy atom. The van der Waals surface area contributed by atoms with Crippen molar-refractivity contribution in [2.24, 2.45) is 0 Å². The molecule has 10 heteroatoms. The zero-order chi connectivity index (χ0) is 23.5. The van der Waals surface area contributed by atoms with Crippen molar-refractivity contribution in [2.45, 2.75) is 38.7 Å². The first-order chi connectivity index (χ1) is 15.9. The van der Waals surface area contributed by atoms with Crippen molar-refractivity contribution >= 4 is 57.2 Å². The molecule has 33 heavy (non-hydrogen) atoms. The SMILES string of the molecule is CCc1ccccc1N1CC(c2nnc(NC(=O)C(C)Oc3ccc(Cl)cc3Cl)s2)CC1=O. The minimum Gasteiger partial charge on any atom is -0.479 e. The largest absolute Gasteiger partial charge is 0.479 e. The maximum Gasteiger partial charge on any atom is 0.266 e. The van der Waals surface area contributed by atoms with Gasteiger partial charge in [-0.25, -0.2) is 0 Å². The molecule has 2 amide bonds. The fraction of sp³-hybridized carbons (Fsp3) is 0.304. The maximum absolute atomic E-state index is 12.7. The first kappa shape index (κ1) is 23.5. The Labute approximate surface area is 205 Å². The van der Waals surface area contributed by atoms with Crippen LogP contribution in [0, 0.1) is 0 Å². The van der Waals surface area contributed by atoms with Gasteiger partial charge in [0.25, 0.3) is 5.91 Å². The molecule has 1 N–H and O–H groups in total. The average molecular weight is 505 g/mol. The molecule has 2 aromatic carbocycles. The van der Waals surface area contributed by atoms with Crippen molar-refractivity contribution in [3.05, 3.63) is 63.1 Å². The number of aryl methyl sites for hydroxylation is 1. The lowest BCUT2D eigenvalue weighted by molar-refractivity contribution is -0.122.